The van der Waals surface area contributed by atoms with E-state index in [1.807, 2.05) is 18.2 Å². The normalized spacial score (nSPS) is 11.3. The van der Waals surface area contributed by atoms with Gasteiger partial charge in [0, 0.05) is 34.8 Å². The number of rotatable bonds is 4. The van der Waals surface area contributed by atoms with Crippen LogP contribution < -0.4 is 5.32 Å². The van der Waals surface area contributed by atoms with Crippen LogP contribution in [0.15, 0.2) is 79.3 Å². The van der Waals surface area contributed by atoms with E-state index in [0.29, 0.717) is 5.56 Å². The van der Waals surface area contributed by atoms with E-state index in [2.05, 4.69) is 20.5 Å². The van der Waals surface area contributed by atoms with Crippen LogP contribution in [0.2, 0.25) is 0 Å². The van der Waals surface area contributed by atoms with E-state index in [4.69, 9.17) is 0 Å². The van der Waals surface area contributed by atoms with Crippen molar-refractivity contribution in [2.75, 3.05) is 5.32 Å². The molecule has 0 spiro atoms. The number of amides is 1. The maximum Gasteiger partial charge on any atom is 0.416 e. The summed E-state index contributed by atoms with van der Waals surface area (Å²) >= 11 is 0. The third-order valence-corrected chi connectivity index (χ3v) is 4.51. The number of pyridine rings is 1. The molecular formula is C22H15F3N4O. The van der Waals surface area contributed by atoms with Crippen molar-refractivity contribution in [2.24, 2.45) is 0 Å². The molecule has 0 aliphatic rings. The maximum absolute atomic E-state index is 12.7. The molecule has 2 aromatic carbocycles. The average molecular weight is 408 g/mol. The first-order valence-electron chi connectivity index (χ1n) is 8.94. The van der Waals surface area contributed by atoms with Crippen LogP contribution in [0, 0.1) is 0 Å². The lowest BCUT2D eigenvalue weighted by molar-refractivity contribution is -0.137. The maximum atomic E-state index is 12.7. The Bertz CT molecular complexity index is 1170. The number of carbonyl (C=O) groups excluding carboxylic acids is 1. The zero-order chi connectivity index (χ0) is 21.1. The molecule has 2 N–H and O–H groups in total. The molecule has 8 heteroatoms. The Labute approximate surface area is 169 Å². The van der Waals surface area contributed by atoms with Gasteiger partial charge in [0.25, 0.3) is 5.91 Å². The molecule has 0 bridgehead atoms. The van der Waals surface area contributed by atoms with Crippen LogP contribution in [0.1, 0.15) is 15.9 Å². The van der Waals surface area contributed by atoms with E-state index in [1.54, 1.807) is 36.8 Å². The molecule has 30 heavy (non-hydrogen) atoms. The second-order valence-corrected chi connectivity index (χ2v) is 6.50. The number of carbonyl (C=O) groups is 1. The topological polar surface area (TPSA) is 70.7 Å². The lowest BCUT2D eigenvalue weighted by Gasteiger charge is -2.10. The summed E-state index contributed by atoms with van der Waals surface area (Å²) < 4.78 is 38.0. The highest BCUT2D eigenvalue weighted by Gasteiger charge is 2.30. The van der Waals surface area contributed by atoms with Crippen molar-refractivity contribution in [1.82, 2.24) is 15.2 Å². The average Bonchev–Trinajstić information content (AvgIpc) is 3.24. The Kier molecular flexibility index (Phi) is 5.05. The van der Waals surface area contributed by atoms with Gasteiger partial charge >= 0.3 is 6.18 Å². The summed E-state index contributed by atoms with van der Waals surface area (Å²) in [7, 11) is 0. The summed E-state index contributed by atoms with van der Waals surface area (Å²) in [5, 5.41) is 9.67. The molecule has 0 aliphatic carbocycles. The first-order chi connectivity index (χ1) is 14.4. The summed E-state index contributed by atoms with van der Waals surface area (Å²) in [4.78, 5) is 16.6. The van der Waals surface area contributed by atoms with Crippen LogP contribution in [0.25, 0.3) is 22.4 Å². The minimum Gasteiger partial charge on any atom is -0.322 e. The monoisotopic (exact) mass is 408 g/mol. The van der Waals surface area contributed by atoms with Gasteiger partial charge in [-0.15, -0.1) is 0 Å². The van der Waals surface area contributed by atoms with E-state index in [1.165, 1.54) is 12.1 Å². The van der Waals surface area contributed by atoms with Crippen molar-refractivity contribution in [3.05, 3.63) is 90.4 Å². The number of hydrogen-bond donors (Lipinski definition) is 2. The number of halogens is 3. The Morgan fingerprint density at radius 1 is 0.933 bits per heavy atom. The van der Waals surface area contributed by atoms with Gasteiger partial charge < -0.3 is 5.32 Å². The Morgan fingerprint density at radius 3 is 2.37 bits per heavy atom. The highest BCUT2D eigenvalue weighted by molar-refractivity contribution is 6.05. The van der Waals surface area contributed by atoms with Gasteiger partial charge in [0.15, 0.2) is 0 Å². The van der Waals surface area contributed by atoms with Crippen molar-refractivity contribution < 1.29 is 18.0 Å². The van der Waals surface area contributed by atoms with Crippen LogP contribution in [0.5, 0.6) is 0 Å². The van der Waals surface area contributed by atoms with Gasteiger partial charge in [-0.2, -0.15) is 18.3 Å². The molecule has 4 aromatic rings. The summed E-state index contributed by atoms with van der Waals surface area (Å²) in [5.74, 6) is -0.429. The fraction of sp³-hybridized carbons (Fsp3) is 0.0455. The number of benzene rings is 2. The SMILES string of the molecule is O=C(Nc1ccc(C(F)(F)F)cc1)c1cccc(-c2[nH]ncc2-c2ccncc2)c1. The van der Waals surface area contributed by atoms with Crippen molar-refractivity contribution in [2.45, 2.75) is 6.18 Å². The molecule has 0 saturated heterocycles. The molecule has 1 amide bonds. The first kappa shape index (κ1) is 19.4. The van der Waals surface area contributed by atoms with Crippen molar-refractivity contribution in [1.29, 1.82) is 0 Å². The summed E-state index contributed by atoms with van der Waals surface area (Å²) in [6.07, 6.45) is 0.632. The minimum atomic E-state index is -4.42. The largest absolute Gasteiger partial charge is 0.416 e. The number of nitrogens with one attached hydrogen (secondary N) is 2. The lowest BCUT2D eigenvalue weighted by atomic mass is 10.0. The van der Waals surface area contributed by atoms with E-state index in [9.17, 15) is 18.0 Å². The lowest BCUT2D eigenvalue weighted by Crippen LogP contribution is -2.12. The molecule has 0 fully saturated rings. The fourth-order valence-electron chi connectivity index (χ4n) is 3.02. The molecule has 0 radical (unpaired) electrons. The van der Waals surface area contributed by atoms with E-state index in [-0.39, 0.29) is 5.69 Å². The minimum absolute atomic E-state index is 0.275. The standard InChI is InChI=1S/C22H15F3N4O/c23-22(24,25)17-4-6-18(7-5-17)28-21(30)16-3-1-2-15(12-16)20-19(13-27-29-20)14-8-10-26-11-9-14/h1-13H,(H,27,29)(H,28,30). The quantitative estimate of drug-likeness (QED) is 0.474. The molecular weight excluding hydrogens is 393 g/mol. The highest BCUT2D eigenvalue weighted by Crippen LogP contribution is 2.31. The summed E-state index contributed by atoms with van der Waals surface area (Å²) in [6, 6.07) is 14.9. The molecule has 4 rings (SSSR count). The Balaban J connectivity index is 1.57. The van der Waals surface area contributed by atoms with Gasteiger partial charge in [0.2, 0.25) is 0 Å². The van der Waals surface area contributed by atoms with Crippen molar-refractivity contribution in [3.63, 3.8) is 0 Å². The van der Waals surface area contributed by atoms with Gasteiger partial charge in [0.1, 0.15) is 0 Å². The number of hydrogen-bond acceptors (Lipinski definition) is 3. The van der Waals surface area contributed by atoms with Crippen LogP contribution in [-0.4, -0.2) is 21.1 Å². The zero-order valence-corrected chi connectivity index (χ0v) is 15.4. The number of anilines is 1. The molecule has 0 saturated carbocycles. The number of nitrogens with zero attached hydrogens (tertiary/aromatic N) is 2. The number of H-pyrrole nitrogens is 1. The van der Waals surface area contributed by atoms with Crippen molar-refractivity contribution in [3.8, 4) is 22.4 Å². The smallest absolute Gasteiger partial charge is 0.322 e. The van der Waals surface area contributed by atoms with Crippen molar-refractivity contribution >= 4 is 11.6 Å². The van der Waals surface area contributed by atoms with Crippen LogP contribution >= 0.6 is 0 Å². The van der Waals surface area contributed by atoms with Gasteiger partial charge in [-0.05, 0) is 54.1 Å². The Hall–Kier alpha value is -3.94. The molecule has 150 valence electrons. The van der Waals surface area contributed by atoms with E-state index in [0.717, 1.165) is 34.5 Å². The molecule has 5 nitrogen and oxygen atoms in total. The van der Waals surface area contributed by atoms with Crippen LogP contribution in [0.3, 0.4) is 0 Å². The number of aromatic nitrogens is 3. The first-order valence-corrected chi connectivity index (χ1v) is 8.94. The highest BCUT2D eigenvalue weighted by atomic mass is 19.4. The number of alkyl halides is 3. The third-order valence-electron chi connectivity index (χ3n) is 4.51. The molecule has 0 aliphatic heterocycles. The summed E-state index contributed by atoms with van der Waals surface area (Å²) in [5.41, 5.74) is 3.14. The molecule has 2 heterocycles. The molecule has 0 unspecified atom stereocenters. The van der Waals surface area contributed by atoms with Gasteiger partial charge in [-0.1, -0.05) is 12.1 Å². The fourth-order valence-corrected chi connectivity index (χ4v) is 3.02. The second-order valence-electron chi connectivity index (χ2n) is 6.50. The predicted molar refractivity (Wildman–Crippen MR) is 107 cm³/mol. The van der Waals surface area contributed by atoms with E-state index < -0.39 is 17.6 Å². The van der Waals surface area contributed by atoms with E-state index >= 15 is 0 Å². The van der Waals surface area contributed by atoms with Crippen LogP contribution in [-0.2, 0) is 6.18 Å². The number of aromatic amines is 1. The third kappa shape index (κ3) is 4.07. The summed E-state index contributed by atoms with van der Waals surface area (Å²) in [6.45, 7) is 0. The van der Waals surface area contributed by atoms with Crippen LogP contribution in [0.4, 0.5) is 18.9 Å². The predicted octanol–water partition coefficient (Wildman–Crippen LogP) is 5.41. The zero-order valence-electron chi connectivity index (χ0n) is 15.4. The van der Waals surface area contributed by atoms with Gasteiger partial charge in [-0.25, -0.2) is 0 Å². The van der Waals surface area contributed by atoms with Gasteiger partial charge in [0.05, 0.1) is 17.5 Å². The molecule has 2 aromatic heterocycles. The Morgan fingerprint density at radius 2 is 1.67 bits per heavy atom. The molecule has 0 atom stereocenters. The van der Waals surface area contributed by atoms with Gasteiger partial charge in [-0.3, -0.25) is 14.9 Å². The second kappa shape index (κ2) is 7.82.